The third-order valence-corrected chi connectivity index (χ3v) is 7.44. The molecule has 0 saturated heterocycles. The first kappa shape index (κ1) is 33.6. The monoisotopic (exact) mass is 630 g/mol. The van der Waals surface area contributed by atoms with Crippen molar-refractivity contribution in [3.05, 3.63) is 97.1 Å². The predicted molar refractivity (Wildman–Crippen MR) is 176 cm³/mol. The molecular formula is C36H38O8S. The highest BCUT2D eigenvalue weighted by atomic mass is 32.2. The van der Waals surface area contributed by atoms with Gasteiger partial charge in [0.05, 0.1) is 26.4 Å². The molecule has 8 nitrogen and oxygen atoms in total. The van der Waals surface area contributed by atoms with Crippen molar-refractivity contribution >= 4 is 45.2 Å². The maximum atomic E-state index is 11.6. The van der Waals surface area contributed by atoms with Crippen LogP contribution in [0.15, 0.2) is 107 Å². The molecule has 0 aliphatic heterocycles. The number of fused-ring (bicyclic) bond motifs is 2. The van der Waals surface area contributed by atoms with Gasteiger partial charge < -0.3 is 28.4 Å². The van der Waals surface area contributed by atoms with Gasteiger partial charge in [-0.3, -0.25) is 0 Å². The summed E-state index contributed by atoms with van der Waals surface area (Å²) in [5.41, 5.74) is 0.701. The standard InChI is InChI=1S/C36H38O8S/c1-25(2)35(37)43-22-18-39-16-20-41-33-29-12-8-9-13-30(29)34(42-21-17-40-19-23-44-36(38)26(3)4)32-24-28(14-15-31(32)33)45-27-10-6-5-7-11-27/h5-15,24H,1,3,16-23H2,2,4H3. The quantitative estimate of drug-likeness (QED) is 0.0491. The zero-order chi connectivity index (χ0) is 32.0. The van der Waals surface area contributed by atoms with E-state index < -0.39 is 11.9 Å². The second kappa shape index (κ2) is 17.2. The molecule has 0 N–H and O–H groups in total. The van der Waals surface area contributed by atoms with Crippen molar-refractivity contribution in [3.8, 4) is 11.5 Å². The summed E-state index contributed by atoms with van der Waals surface area (Å²) < 4.78 is 34.2. The van der Waals surface area contributed by atoms with Gasteiger partial charge >= 0.3 is 11.9 Å². The molecule has 0 radical (unpaired) electrons. The first-order valence-electron chi connectivity index (χ1n) is 14.6. The molecule has 0 spiro atoms. The number of esters is 2. The Morgan fingerprint density at radius 3 is 1.56 bits per heavy atom. The minimum absolute atomic E-state index is 0.146. The molecule has 45 heavy (non-hydrogen) atoms. The Bertz CT molecular complexity index is 1630. The van der Waals surface area contributed by atoms with Crippen molar-refractivity contribution in [2.75, 3.05) is 52.9 Å². The molecule has 0 fully saturated rings. The van der Waals surface area contributed by atoms with Crippen LogP contribution in [0.4, 0.5) is 0 Å². The van der Waals surface area contributed by atoms with E-state index in [1.165, 1.54) is 0 Å². The lowest BCUT2D eigenvalue weighted by molar-refractivity contribution is -0.141. The maximum Gasteiger partial charge on any atom is 0.333 e. The highest BCUT2D eigenvalue weighted by Crippen LogP contribution is 2.44. The Labute approximate surface area is 267 Å². The van der Waals surface area contributed by atoms with Gasteiger partial charge in [-0.05, 0) is 44.2 Å². The second-order valence-electron chi connectivity index (χ2n) is 10.1. The average molecular weight is 631 g/mol. The molecular weight excluding hydrogens is 592 g/mol. The summed E-state index contributed by atoms with van der Waals surface area (Å²) in [5, 5.41) is 3.63. The second-order valence-corrected chi connectivity index (χ2v) is 11.2. The van der Waals surface area contributed by atoms with E-state index in [2.05, 4.69) is 43.5 Å². The Kier molecular flexibility index (Phi) is 12.9. The van der Waals surface area contributed by atoms with Crippen LogP contribution in [0.1, 0.15) is 13.8 Å². The first-order chi connectivity index (χ1) is 21.8. The van der Waals surface area contributed by atoms with Crippen LogP contribution in [0.5, 0.6) is 11.5 Å². The number of benzene rings is 4. The molecule has 0 aromatic heterocycles. The van der Waals surface area contributed by atoms with Crippen LogP contribution in [0.2, 0.25) is 0 Å². The van der Waals surface area contributed by atoms with E-state index in [4.69, 9.17) is 28.4 Å². The lowest BCUT2D eigenvalue weighted by Crippen LogP contribution is -2.14. The highest BCUT2D eigenvalue weighted by molar-refractivity contribution is 7.99. The summed E-state index contributed by atoms with van der Waals surface area (Å²) in [6.07, 6.45) is 0. The molecule has 9 heteroatoms. The van der Waals surface area contributed by atoms with Gasteiger partial charge in [-0.1, -0.05) is 67.4 Å². The maximum absolute atomic E-state index is 11.6. The number of rotatable bonds is 18. The van der Waals surface area contributed by atoms with Crippen LogP contribution in [-0.4, -0.2) is 64.8 Å². The van der Waals surface area contributed by atoms with Crippen LogP contribution in [-0.2, 0) is 28.5 Å². The molecule has 0 bridgehead atoms. The molecule has 0 amide bonds. The number of ether oxygens (including phenoxy) is 6. The topological polar surface area (TPSA) is 89.5 Å². The third kappa shape index (κ3) is 9.84. The Morgan fingerprint density at radius 1 is 0.556 bits per heavy atom. The minimum Gasteiger partial charge on any atom is -0.490 e. The molecule has 0 heterocycles. The van der Waals surface area contributed by atoms with Crippen LogP contribution < -0.4 is 9.47 Å². The van der Waals surface area contributed by atoms with Crippen LogP contribution in [0, 0.1) is 0 Å². The van der Waals surface area contributed by atoms with E-state index in [0.29, 0.717) is 37.6 Å². The molecule has 0 unspecified atom stereocenters. The molecule has 0 atom stereocenters. The van der Waals surface area contributed by atoms with Gasteiger partial charge in [-0.15, -0.1) is 0 Å². The SMILES string of the molecule is C=C(C)C(=O)OCCOCCOc1c2ccccc2c(OCCOCCOC(=O)C(=C)C)c2cc(Sc3ccccc3)ccc12. The normalized spacial score (nSPS) is 10.9. The van der Waals surface area contributed by atoms with E-state index >= 15 is 0 Å². The van der Waals surface area contributed by atoms with Crippen LogP contribution in [0.25, 0.3) is 21.5 Å². The predicted octanol–water partition coefficient (Wildman–Crippen LogP) is 7.17. The summed E-state index contributed by atoms with van der Waals surface area (Å²) in [5.74, 6) is 0.596. The first-order valence-corrected chi connectivity index (χ1v) is 15.4. The third-order valence-electron chi connectivity index (χ3n) is 6.44. The Morgan fingerprint density at radius 2 is 1.02 bits per heavy atom. The number of hydrogen-bond donors (Lipinski definition) is 0. The average Bonchev–Trinajstić information content (AvgIpc) is 3.04. The molecule has 236 valence electrons. The number of carbonyl (C=O) groups is 2. The molecule has 0 saturated carbocycles. The van der Waals surface area contributed by atoms with Crippen LogP contribution >= 0.6 is 11.8 Å². The highest BCUT2D eigenvalue weighted by Gasteiger charge is 2.17. The number of carbonyl (C=O) groups excluding carboxylic acids is 2. The van der Waals surface area contributed by atoms with E-state index in [0.717, 1.165) is 42.8 Å². The van der Waals surface area contributed by atoms with Crippen molar-refractivity contribution in [3.63, 3.8) is 0 Å². The fraction of sp³-hybridized carbons (Fsp3) is 0.278. The molecule has 0 aliphatic carbocycles. The van der Waals surface area contributed by atoms with E-state index in [9.17, 15) is 9.59 Å². The zero-order valence-electron chi connectivity index (χ0n) is 25.7. The minimum atomic E-state index is -0.435. The van der Waals surface area contributed by atoms with E-state index in [1.807, 2.05) is 42.5 Å². The molecule has 4 rings (SSSR count). The van der Waals surface area contributed by atoms with Gasteiger partial charge in [-0.25, -0.2) is 9.59 Å². The van der Waals surface area contributed by atoms with E-state index in [1.54, 1.807) is 25.6 Å². The summed E-state index contributed by atoms with van der Waals surface area (Å²) in [6, 6.07) is 24.4. The van der Waals surface area contributed by atoms with Gasteiger partial charge in [0.1, 0.15) is 37.9 Å². The van der Waals surface area contributed by atoms with Gasteiger partial charge in [0.15, 0.2) is 0 Å². The summed E-state index contributed by atoms with van der Waals surface area (Å²) in [6.45, 7) is 12.4. The van der Waals surface area contributed by atoms with Gasteiger partial charge in [0.2, 0.25) is 0 Å². The smallest absolute Gasteiger partial charge is 0.333 e. The van der Waals surface area contributed by atoms with Crippen molar-refractivity contribution < 1.29 is 38.0 Å². The summed E-state index contributed by atoms with van der Waals surface area (Å²) in [7, 11) is 0. The summed E-state index contributed by atoms with van der Waals surface area (Å²) in [4.78, 5) is 25.3. The van der Waals surface area contributed by atoms with Gasteiger partial charge in [-0.2, -0.15) is 0 Å². The van der Waals surface area contributed by atoms with Gasteiger partial charge in [0.25, 0.3) is 0 Å². The van der Waals surface area contributed by atoms with Crippen molar-refractivity contribution in [2.45, 2.75) is 23.6 Å². The molecule has 4 aromatic rings. The molecule has 0 aliphatic rings. The lowest BCUT2D eigenvalue weighted by atomic mass is 10.0. The van der Waals surface area contributed by atoms with Crippen molar-refractivity contribution in [2.24, 2.45) is 0 Å². The fourth-order valence-electron chi connectivity index (χ4n) is 4.32. The fourth-order valence-corrected chi connectivity index (χ4v) is 5.20. The van der Waals surface area contributed by atoms with Crippen molar-refractivity contribution in [1.82, 2.24) is 0 Å². The van der Waals surface area contributed by atoms with E-state index in [-0.39, 0.29) is 26.4 Å². The van der Waals surface area contributed by atoms with Crippen molar-refractivity contribution in [1.29, 1.82) is 0 Å². The zero-order valence-corrected chi connectivity index (χ0v) is 26.5. The molecule has 4 aromatic carbocycles. The summed E-state index contributed by atoms with van der Waals surface area (Å²) >= 11 is 1.67. The largest absolute Gasteiger partial charge is 0.490 e. The van der Waals surface area contributed by atoms with Crippen LogP contribution in [0.3, 0.4) is 0 Å². The van der Waals surface area contributed by atoms with Gasteiger partial charge in [0, 0.05) is 42.5 Å². The lowest BCUT2D eigenvalue weighted by Gasteiger charge is -2.19. The Balaban J connectivity index is 1.51. The number of hydrogen-bond acceptors (Lipinski definition) is 9. The Hall–Kier alpha value is -4.31.